The van der Waals surface area contributed by atoms with Gasteiger partial charge in [-0.3, -0.25) is 19.3 Å². The van der Waals surface area contributed by atoms with Crippen LogP contribution in [0.4, 0.5) is 0 Å². The summed E-state index contributed by atoms with van der Waals surface area (Å²) in [7, 11) is 0. The number of rotatable bonds is 5. The molecule has 2 aliphatic heterocycles. The number of imide groups is 1. The highest BCUT2D eigenvalue weighted by Gasteiger charge is 2.36. The lowest BCUT2D eigenvalue weighted by Crippen LogP contribution is -2.41. The number of hydrogen-bond donors (Lipinski definition) is 0. The predicted molar refractivity (Wildman–Crippen MR) is 112 cm³/mol. The lowest BCUT2D eigenvalue weighted by molar-refractivity contribution is -0.136. The Kier molecular flexibility index (Phi) is 5.84. The molecular weight excluding hydrogens is 396 g/mol. The van der Waals surface area contributed by atoms with Gasteiger partial charge in [-0.25, -0.2) is 4.79 Å². The summed E-state index contributed by atoms with van der Waals surface area (Å²) in [5, 5.41) is 0. The molecule has 2 aliphatic rings. The molecule has 2 aromatic carbocycles. The molecule has 160 valence electrons. The van der Waals surface area contributed by atoms with E-state index in [1.807, 2.05) is 30.3 Å². The Morgan fingerprint density at radius 3 is 2.52 bits per heavy atom. The molecule has 0 aromatic heterocycles. The fraction of sp³-hybridized carbons (Fsp3) is 0.333. The molecule has 1 fully saturated rings. The fourth-order valence-corrected chi connectivity index (χ4v) is 4.05. The van der Waals surface area contributed by atoms with Crippen molar-refractivity contribution < 1.29 is 23.9 Å². The molecule has 2 aromatic rings. The van der Waals surface area contributed by atoms with Crippen molar-refractivity contribution in [3.8, 4) is 0 Å². The number of carbonyl (C=O) groups excluding carboxylic acids is 4. The van der Waals surface area contributed by atoms with Gasteiger partial charge in [0.2, 0.25) is 0 Å². The van der Waals surface area contributed by atoms with Gasteiger partial charge in [0.1, 0.15) is 0 Å². The molecular formula is C24H24N2O5. The number of piperidine rings is 1. The third-order valence-corrected chi connectivity index (χ3v) is 5.73. The number of benzene rings is 2. The Bertz CT molecular complexity index is 1030. The first-order valence-corrected chi connectivity index (χ1v) is 10.4. The number of nitrogens with zero attached hydrogens (tertiary/aromatic N) is 2. The van der Waals surface area contributed by atoms with Crippen LogP contribution >= 0.6 is 0 Å². The number of likely N-dealkylation sites (tertiary alicyclic amines) is 1. The van der Waals surface area contributed by atoms with E-state index in [0.717, 1.165) is 23.3 Å². The van der Waals surface area contributed by atoms with Gasteiger partial charge in [0.15, 0.2) is 6.61 Å². The Balaban J connectivity index is 1.42. The van der Waals surface area contributed by atoms with Crippen LogP contribution in [0.15, 0.2) is 48.5 Å². The second kappa shape index (κ2) is 8.71. The summed E-state index contributed by atoms with van der Waals surface area (Å²) in [6.07, 6.45) is 2.04. The zero-order chi connectivity index (χ0) is 22.0. The van der Waals surface area contributed by atoms with Crippen LogP contribution in [0.25, 0.3) is 0 Å². The van der Waals surface area contributed by atoms with Gasteiger partial charge in [-0.2, -0.15) is 0 Å². The SMILES string of the molecule is C[C@@H]1CCCN(C(=O)COC(=O)c2ccc3c(c2)C(=O)N(Cc2ccccc2)C3=O)C1. The second-order valence-corrected chi connectivity index (χ2v) is 8.11. The van der Waals surface area contributed by atoms with Crippen molar-refractivity contribution in [1.29, 1.82) is 0 Å². The van der Waals surface area contributed by atoms with Crippen LogP contribution in [0.3, 0.4) is 0 Å². The first-order valence-electron chi connectivity index (χ1n) is 10.4. The molecule has 0 saturated carbocycles. The van der Waals surface area contributed by atoms with E-state index in [0.29, 0.717) is 19.0 Å². The lowest BCUT2D eigenvalue weighted by atomic mass is 10.0. The van der Waals surface area contributed by atoms with Crippen LogP contribution in [-0.4, -0.2) is 53.2 Å². The molecule has 0 aliphatic carbocycles. The molecule has 0 radical (unpaired) electrons. The minimum Gasteiger partial charge on any atom is -0.452 e. The van der Waals surface area contributed by atoms with Crippen LogP contribution in [0.2, 0.25) is 0 Å². The number of hydrogen-bond acceptors (Lipinski definition) is 5. The predicted octanol–water partition coefficient (Wildman–Crippen LogP) is 2.90. The molecule has 0 spiro atoms. The number of amides is 3. The van der Waals surface area contributed by atoms with Gasteiger partial charge >= 0.3 is 5.97 Å². The van der Waals surface area contributed by atoms with Gasteiger partial charge in [-0.1, -0.05) is 37.3 Å². The molecule has 7 heteroatoms. The molecule has 1 atom stereocenters. The summed E-state index contributed by atoms with van der Waals surface area (Å²) in [6, 6.07) is 13.5. The van der Waals surface area contributed by atoms with E-state index >= 15 is 0 Å². The molecule has 0 bridgehead atoms. The zero-order valence-corrected chi connectivity index (χ0v) is 17.4. The molecule has 1 saturated heterocycles. The normalized spacial score (nSPS) is 18.2. The third kappa shape index (κ3) is 4.35. The standard InChI is InChI=1S/C24H24N2O5/c1-16-6-5-11-25(13-16)21(27)15-31-24(30)18-9-10-19-20(12-18)23(29)26(22(19)28)14-17-7-3-2-4-8-17/h2-4,7-10,12,16H,5-6,11,13-15H2,1H3/t16-/m1/s1. The Morgan fingerprint density at radius 1 is 1.03 bits per heavy atom. The maximum absolute atomic E-state index is 12.8. The molecule has 2 heterocycles. The van der Waals surface area contributed by atoms with E-state index in [-0.39, 0.29) is 35.7 Å². The minimum absolute atomic E-state index is 0.140. The zero-order valence-electron chi connectivity index (χ0n) is 17.4. The van der Waals surface area contributed by atoms with Crippen molar-refractivity contribution in [2.24, 2.45) is 5.92 Å². The maximum Gasteiger partial charge on any atom is 0.338 e. The highest BCUT2D eigenvalue weighted by molar-refractivity contribution is 6.21. The lowest BCUT2D eigenvalue weighted by Gasteiger charge is -2.30. The summed E-state index contributed by atoms with van der Waals surface area (Å²) in [4.78, 5) is 53.1. The molecule has 3 amide bonds. The first-order chi connectivity index (χ1) is 14.9. The van der Waals surface area contributed by atoms with Crippen molar-refractivity contribution in [3.63, 3.8) is 0 Å². The second-order valence-electron chi connectivity index (χ2n) is 8.11. The Labute approximate surface area is 180 Å². The van der Waals surface area contributed by atoms with Crippen LogP contribution in [0.1, 0.15) is 56.4 Å². The van der Waals surface area contributed by atoms with E-state index in [1.54, 1.807) is 4.90 Å². The Morgan fingerprint density at radius 2 is 1.77 bits per heavy atom. The smallest absolute Gasteiger partial charge is 0.338 e. The molecule has 7 nitrogen and oxygen atoms in total. The van der Waals surface area contributed by atoms with Crippen LogP contribution in [0.5, 0.6) is 0 Å². The first kappa shape index (κ1) is 20.8. The highest BCUT2D eigenvalue weighted by atomic mass is 16.5. The monoisotopic (exact) mass is 420 g/mol. The summed E-state index contributed by atoms with van der Waals surface area (Å²) < 4.78 is 5.18. The van der Waals surface area contributed by atoms with Crippen molar-refractivity contribution in [1.82, 2.24) is 9.80 Å². The van der Waals surface area contributed by atoms with Gasteiger partial charge < -0.3 is 9.64 Å². The average Bonchev–Trinajstić information content (AvgIpc) is 3.02. The molecule has 4 rings (SSSR count). The Hall–Kier alpha value is -3.48. The molecule has 0 N–H and O–H groups in total. The number of fused-ring (bicyclic) bond motifs is 1. The van der Waals surface area contributed by atoms with Crippen molar-refractivity contribution in [2.75, 3.05) is 19.7 Å². The van der Waals surface area contributed by atoms with Crippen molar-refractivity contribution >= 4 is 23.7 Å². The van der Waals surface area contributed by atoms with Gasteiger partial charge in [0.25, 0.3) is 17.7 Å². The van der Waals surface area contributed by atoms with E-state index < -0.39 is 17.8 Å². The summed E-state index contributed by atoms with van der Waals surface area (Å²) >= 11 is 0. The van der Waals surface area contributed by atoms with Crippen molar-refractivity contribution in [3.05, 3.63) is 70.8 Å². The molecule has 0 unspecified atom stereocenters. The number of carbonyl (C=O) groups is 4. The van der Waals surface area contributed by atoms with E-state index in [2.05, 4.69) is 6.92 Å². The maximum atomic E-state index is 12.8. The van der Waals surface area contributed by atoms with Crippen LogP contribution in [-0.2, 0) is 16.1 Å². The van der Waals surface area contributed by atoms with Gasteiger partial charge in [-0.15, -0.1) is 0 Å². The van der Waals surface area contributed by atoms with E-state index in [1.165, 1.54) is 18.2 Å². The highest BCUT2D eigenvalue weighted by Crippen LogP contribution is 2.26. The summed E-state index contributed by atoms with van der Waals surface area (Å²) in [6.45, 7) is 3.26. The minimum atomic E-state index is -0.692. The fourth-order valence-electron chi connectivity index (χ4n) is 4.05. The summed E-state index contributed by atoms with van der Waals surface area (Å²) in [5.41, 5.74) is 1.41. The average molecular weight is 420 g/mol. The molecule has 31 heavy (non-hydrogen) atoms. The third-order valence-electron chi connectivity index (χ3n) is 5.73. The topological polar surface area (TPSA) is 84.0 Å². The quantitative estimate of drug-likeness (QED) is 0.549. The summed E-state index contributed by atoms with van der Waals surface area (Å²) in [5.74, 6) is -1.31. The number of ether oxygens (including phenoxy) is 1. The van der Waals surface area contributed by atoms with Crippen molar-refractivity contribution in [2.45, 2.75) is 26.3 Å². The van der Waals surface area contributed by atoms with E-state index in [4.69, 9.17) is 4.74 Å². The van der Waals surface area contributed by atoms with Crippen LogP contribution < -0.4 is 0 Å². The van der Waals surface area contributed by atoms with Gasteiger partial charge in [0, 0.05) is 13.1 Å². The number of esters is 1. The van der Waals surface area contributed by atoms with Gasteiger partial charge in [0.05, 0.1) is 23.2 Å². The largest absolute Gasteiger partial charge is 0.452 e. The van der Waals surface area contributed by atoms with Crippen LogP contribution in [0, 0.1) is 5.92 Å². The van der Waals surface area contributed by atoms with E-state index in [9.17, 15) is 19.2 Å². The van der Waals surface area contributed by atoms with Gasteiger partial charge in [-0.05, 0) is 42.5 Å².